The lowest BCUT2D eigenvalue weighted by Gasteiger charge is -2.29. The fourth-order valence-corrected chi connectivity index (χ4v) is 3.46. The van der Waals surface area contributed by atoms with Crippen LogP contribution in [0.15, 0.2) is 42.2 Å². The number of fused-ring (bicyclic) bond motifs is 3. The Kier molecular flexibility index (Phi) is 5.28. The molecule has 0 radical (unpaired) electrons. The lowest BCUT2D eigenvalue weighted by atomic mass is 10.0. The maximum absolute atomic E-state index is 12.8. The molecule has 2 aliphatic rings. The van der Waals surface area contributed by atoms with Gasteiger partial charge in [0.25, 0.3) is 5.69 Å². The number of ether oxygens (including phenoxy) is 3. The van der Waals surface area contributed by atoms with Crippen LogP contribution < -0.4 is 9.47 Å². The standard InChI is InChI=1S/C21H20N2O6/c1-27-9-3-8-22-12-17-18(28-13-22)7-6-16-20(24)19(29-21(16)17)11-14-4-2-5-15(10-14)23(25)26/h2,4-7,10-11H,3,8-9,12-13H2,1H3/b19-11+. The van der Waals surface area contributed by atoms with Crippen molar-refractivity contribution in [2.24, 2.45) is 0 Å². The maximum Gasteiger partial charge on any atom is 0.270 e. The highest BCUT2D eigenvalue weighted by atomic mass is 16.6. The third kappa shape index (κ3) is 3.85. The van der Waals surface area contributed by atoms with Gasteiger partial charge in [0.05, 0.1) is 16.1 Å². The second kappa shape index (κ2) is 8.02. The van der Waals surface area contributed by atoms with Gasteiger partial charge in [-0.05, 0) is 30.2 Å². The fraction of sp³-hybridized carbons (Fsp3) is 0.286. The maximum atomic E-state index is 12.8. The van der Waals surface area contributed by atoms with Crippen molar-refractivity contribution in [2.75, 3.05) is 27.0 Å². The van der Waals surface area contributed by atoms with E-state index in [1.807, 2.05) is 0 Å². The molecule has 4 rings (SSSR count). The average molecular weight is 396 g/mol. The number of nitro groups is 1. The van der Waals surface area contributed by atoms with Gasteiger partial charge in [0, 0.05) is 38.9 Å². The van der Waals surface area contributed by atoms with E-state index in [1.165, 1.54) is 18.2 Å². The molecule has 0 bridgehead atoms. The molecule has 2 aromatic carbocycles. The highest BCUT2D eigenvalue weighted by Crippen LogP contribution is 2.42. The van der Waals surface area contributed by atoms with E-state index >= 15 is 0 Å². The van der Waals surface area contributed by atoms with Crippen LogP contribution in [-0.4, -0.2) is 42.6 Å². The van der Waals surface area contributed by atoms with Crippen LogP contribution in [0.1, 0.15) is 27.9 Å². The number of carbonyl (C=O) groups is 1. The first-order chi connectivity index (χ1) is 14.1. The van der Waals surface area contributed by atoms with Crippen LogP contribution in [0.3, 0.4) is 0 Å². The van der Waals surface area contributed by atoms with E-state index < -0.39 is 4.92 Å². The first-order valence-corrected chi connectivity index (χ1v) is 9.25. The van der Waals surface area contributed by atoms with Crippen LogP contribution >= 0.6 is 0 Å². The number of hydrogen-bond acceptors (Lipinski definition) is 7. The zero-order valence-corrected chi connectivity index (χ0v) is 15.9. The Balaban J connectivity index is 1.60. The molecular weight excluding hydrogens is 376 g/mol. The van der Waals surface area contributed by atoms with Crippen molar-refractivity contribution in [3.8, 4) is 11.5 Å². The van der Waals surface area contributed by atoms with E-state index in [0.717, 1.165) is 18.5 Å². The monoisotopic (exact) mass is 396 g/mol. The number of hydrogen-bond donors (Lipinski definition) is 0. The lowest BCUT2D eigenvalue weighted by Crippen LogP contribution is -2.33. The third-order valence-electron chi connectivity index (χ3n) is 4.88. The van der Waals surface area contributed by atoms with Gasteiger partial charge >= 0.3 is 0 Å². The molecule has 0 spiro atoms. The van der Waals surface area contributed by atoms with Crippen molar-refractivity contribution in [1.82, 2.24) is 4.90 Å². The Morgan fingerprint density at radius 1 is 1.31 bits per heavy atom. The van der Waals surface area contributed by atoms with E-state index in [0.29, 0.717) is 42.5 Å². The normalized spacial score (nSPS) is 16.9. The molecule has 0 saturated heterocycles. The van der Waals surface area contributed by atoms with E-state index in [1.54, 1.807) is 31.4 Å². The van der Waals surface area contributed by atoms with Crippen molar-refractivity contribution in [3.05, 3.63) is 69.0 Å². The predicted molar refractivity (Wildman–Crippen MR) is 105 cm³/mol. The number of methoxy groups -OCH3 is 1. The molecule has 0 saturated carbocycles. The number of non-ortho nitro benzene ring substituents is 1. The topological polar surface area (TPSA) is 91.1 Å². The smallest absolute Gasteiger partial charge is 0.270 e. The van der Waals surface area contributed by atoms with Crippen molar-refractivity contribution in [1.29, 1.82) is 0 Å². The van der Waals surface area contributed by atoms with E-state index in [2.05, 4.69) is 4.90 Å². The Morgan fingerprint density at radius 3 is 2.97 bits per heavy atom. The van der Waals surface area contributed by atoms with Gasteiger partial charge in [0.2, 0.25) is 5.78 Å². The van der Waals surface area contributed by atoms with Crippen LogP contribution in [0.4, 0.5) is 5.69 Å². The SMILES string of the molecule is COCCCN1COc2ccc3c(c2C1)O/C(=C/c1cccc([N+](=O)[O-])c1)C3=O. The Morgan fingerprint density at radius 2 is 2.17 bits per heavy atom. The molecule has 150 valence electrons. The highest BCUT2D eigenvalue weighted by molar-refractivity contribution is 6.15. The summed E-state index contributed by atoms with van der Waals surface area (Å²) in [6.07, 6.45) is 2.41. The summed E-state index contributed by atoms with van der Waals surface area (Å²) >= 11 is 0. The van der Waals surface area contributed by atoms with Gasteiger partial charge < -0.3 is 14.2 Å². The molecule has 8 heteroatoms. The Hall–Kier alpha value is -3.23. The van der Waals surface area contributed by atoms with Gasteiger partial charge in [0.1, 0.15) is 18.2 Å². The molecule has 0 aliphatic carbocycles. The fourth-order valence-electron chi connectivity index (χ4n) is 3.46. The van der Waals surface area contributed by atoms with Gasteiger partial charge in [0.15, 0.2) is 5.76 Å². The second-order valence-corrected chi connectivity index (χ2v) is 6.88. The molecule has 0 unspecified atom stereocenters. The van der Waals surface area contributed by atoms with Crippen molar-refractivity contribution in [2.45, 2.75) is 13.0 Å². The average Bonchev–Trinajstić information content (AvgIpc) is 3.04. The molecule has 0 atom stereocenters. The van der Waals surface area contributed by atoms with E-state index in [-0.39, 0.29) is 17.2 Å². The van der Waals surface area contributed by atoms with Crippen LogP contribution in [0.25, 0.3) is 6.08 Å². The number of carbonyl (C=O) groups excluding carboxylic acids is 1. The molecular formula is C21H20N2O6. The Bertz CT molecular complexity index is 1000. The van der Waals surface area contributed by atoms with Crippen molar-refractivity contribution in [3.63, 3.8) is 0 Å². The van der Waals surface area contributed by atoms with Crippen LogP contribution in [0.2, 0.25) is 0 Å². The summed E-state index contributed by atoms with van der Waals surface area (Å²) in [4.78, 5) is 25.4. The minimum atomic E-state index is -0.472. The molecule has 2 aliphatic heterocycles. The quantitative estimate of drug-likeness (QED) is 0.320. The van der Waals surface area contributed by atoms with Crippen LogP contribution in [0.5, 0.6) is 11.5 Å². The summed E-state index contributed by atoms with van der Waals surface area (Å²) in [5.41, 5.74) is 1.80. The summed E-state index contributed by atoms with van der Waals surface area (Å²) in [6, 6.07) is 9.56. The first-order valence-electron chi connectivity index (χ1n) is 9.25. The van der Waals surface area contributed by atoms with Crippen molar-refractivity contribution >= 4 is 17.5 Å². The van der Waals surface area contributed by atoms with Crippen molar-refractivity contribution < 1.29 is 23.9 Å². The number of Topliss-reactive ketones (excluding diaryl/α,β-unsaturated/α-hetero) is 1. The number of nitrogens with zero attached hydrogens (tertiary/aromatic N) is 2. The Labute approximate surface area is 167 Å². The number of ketones is 1. The van der Waals surface area contributed by atoms with Gasteiger partial charge in [-0.25, -0.2) is 0 Å². The zero-order valence-electron chi connectivity index (χ0n) is 15.9. The number of allylic oxidation sites excluding steroid dienone is 1. The van der Waals surface area contributed by atoms with Gasteiger partial charge in [-0.15, -0.1) is 0 Å². The van der Waals surface area contributed by atoms with Gasteiger partial charge in [-0.3, -0.25) is 19.8 Å². The number of nitro benzene ring substituents is 1. The number of benzene rings is 2. The zero-order chi connectivity index (χ0) is 20.4. The highest BCUT2D eigenvalue weighted by Gasteiger charge is 2.33. The minimum absolute atomic E-state index is 0.0419. The van der Waals surface area contributed by atoms with Gasteiger partial charge in [-0.1, -0.05) is 12.1 Å². The van der Waals surface area contributed by atoms with Gasteiger partial charge in [-0.2, -0.15) is 0 Å². The summed E-state index contributed by atoms with van der Waals surface area (Å²) < 4.78 is 16.8. The second-order valence-electron chi connectivity index (χ2n) is 6.88. The van der Waals surface area contributed by atoms with Crippen LogP contribution in [0, 0.1) is 10.1 Å². The van der Waals surface area contributed by atoms with Crippen LogP contribution in [-0.2, 0) is 11.3 Å². The third-order valence-corrected chi connectivity index (χ3v) is 4.88. The summed E-state index contributed by atoms with van der Waals surface area (Å²) in [5.74, 6) is 1.10. The largest absolute Gasteiger partial charge is 0.478 e. The molecule has 0 N–H and O–H groups in total. The molecule has 8 nitrogen and oxygen atoms in total. The summed E-state index contributed by atoms with van der Waals surface area (Å²) in [7, 11) is 1.67. The molecule has 0 aromatic heterocycles. The number of rotatable bonds is 6. The lowest BCUT2D eigenvalue weighted by molar-refractivity contribution is -0.384. The molecule has 29 heavy (non-hydrogen) atoms. The molecule has 2 heterocycles. The summed E-state index contributed by atoms with van der Waals surface area (Å²) in [6.45, 7) is 2.56. The first kappa shape index (κ1) is 19.1. The molecule has 2 aromatic rings. The van der Waals surface area contributed by atoms with E-state index in [4.69, 9.17) is 14.2 Å². The molecule has 0 amide bonds. The minimum Gasteiger partial charge on any atom is -0.478 e. The molecule has 0 fully saturated rings. The van der Waals surface area contributed by atoms with E-state index in [9.17, 15) is 14.9 Å². The summed E-state index contributed by atoms with van der Waals surface area (Å²) in [5, 5.41) is 11.0. The predicted octanol–water partition coefficient (Wildman–Crippen LogP) is 3.40.